The largest absolute Gasteiger partial charge is 0.483 e. The molecule has 3 aliphatic rings. The molecule has 3 aromatic rings. The van der Waals surface area contributed by atoms with Crippen LogP contribution in [0.2, 0.25) is 0 Å². The Morgan fingerprint density at radius 3 is 1.91 bits per heavy atom. The van der Waals surface area contributed by atoms with Gasteiger partial charge in [-0.05, 0) is 68.9 Å². The van der Waals surface area contributed by atoms with E-state index in [9.17, 15) is 4.79 Å². The maximum absolute atomic E-state index is 12.0. The zero-order valence-corrected chi connectivity index (χ0v) is 34.8. The lowest BCUT2D eigenvalue weighted by molar-refractivity contribution is 0.0834. The van der Waals surface area contributed by atoms with Gasteiger partial charge in [0.1, 0.15) is 11.9 Å². The molecule has 1 atom stereocenters. The molecular formula is C48H73N3O2. The van der Waals surface area contributed by atoms with Crippen LogP contribution in [0.1, 0.15) is 139 Å². The monoisotopic (exact) mass is 724 g/mol. The molecular weight excluding hydrogens is 651 g/mol. The van der Waals surface area contributed by atoms with Gasteiger partial charge in [0.05, 0.1) is 5.69 Å². The van der Waals surface area contributed by atoms with E-state index in [1.54, 1.807) is 6.92 Å². The summed E-state index contributed by atoms with van der Waals surface area (Å²) >= 11 is 0. The summed E-state index contributed by atoms with van der Waals surface area (Å²) in [5, 5.41) is 0. The highest BCUT2D eigenvalue weighted by Crippen LogP contribution is 2.43. The number of carbonyl (C=O) groups excluding carboxylic acids is 1. The van der Waals surface area contributed by atoms with Crippen LogP contribution in [0.25, 0.3) is 0 Å². The van der Waals surface area contributed by atoms with Gasteiger partial charge in [-0.3, -0.25) is 9.69 Å². The predicted molar refractivity (Wildman–Crippen MR) is 231 cm³/mol. The Morgan fingerprint density at radius 1 is 0.774 bits per heavy atom. The first-order valence-electron chi connectivity index (χ1n) is 20.8. The van der Waals surface area contributed by atoms with Crippen molar-refractivity contribution in [3.8, 4) is 18.6 Å². The van der Waals surface area contributed by atoms with Gasteiger partial charge in [0.15, 0.2) is 5.78 Å². The number of nitrogens with zero attached hydrogens (tertiary/aromatic N) is 3. The number of anilines is 2. The minimum absolute atomic E-state index is 0.112. The fourth-order valence-electron chi connectivity index (χ4n) is 6.50. The lowest BCUT2D eigenvalue weighted by Gasteiger charge is -2.39. The van der Waals surface area contributed by atoms with Crippen LogP contribution < -0.4 is 14.5 Å². The molecule has 0 spiro atoms. The van der Waals surface area contributed by atoms with Gasteiger partial charge in [0.25, 0.3) is 0 Å². The highest BCUT2D eigenvalue weighted by molar-refractivity contribution is 5.95. The smallest absolute Gasteiger partial charge is 0.159 e. The summed E-state index contributed by atoms with van der Waals surface area (Å²) in [6.45, 7) is 23.6. The molecule has 6 rings (SSSR count). The number of piperazine rings is 1. The maximum atomic E-state index is 12.0. The molecule has 5 nitrogen and oxygen atoms in total. The van der Waals surface area contributed by atoms with E-state index in [0.717, 1.165) is 63.5 Å². The van der Waals surface area contributed by atoms with Crippen molar-refractivity contribution in [2.75, 3.05) is 55.6 Å². The second kappa shape index (κ2) is 26.1. The molecule has 2 saturated carbocycles. The van der Waals surface area contributed by atoms with Crippen molar-refractivity contribution in [3.05, 3.63) is 89.0 Å². The van der Waals surface area contributed by atoms with Crippen LogP contribution in [0.3, 0.4) is 0 Å². The molecule has 5 heteroatoms. The number of unbranched alkanes of at least 4 members (excludes halogenated alkanes) is 1. The summed E-state index contributed by atoms with van der Waals surface area (Å²) < 4.78 is 6.95. The number of carbonyl (C=O) groups is 1. The van der Waals surface area contributed by atoms with Gasteiger partial charge < -0.3 is 14.5 Å². The molecule has 1 heterocycles. The molecule has 53 heavy (non-hydrogen) atoms. The molecule has 1 saturated heterocycles. The number of hydrogen-bond donors (Lipinski definition) is 0. The molecule has 1 aliphatic heterocycles. The number of para-hydroxylation sites is 1. The number of hydrogen-bond acceptors (Lipinski definition) is 5. The molecule has 0 N–H and O–H groups in total. The molecule has 3 fully saturated rings. The standard InChI is InChI=1S/C36H47N3O2.C4H8.C4H10.C2H6.C2H2/c1-5-19-38(34-26-32(29(4)40)18-17-27(34)2)23-20-37-21-24-39(25-22-37)33-16-9-11-28(3)35(33)41-36(31-14-10-15-31)30-12-7-6-8-13-30;1-2-4-3-1;1-3-4-2;2*1-2/h6-9,11-13,16-18,26,31,36H,5,10,14-15,19-25H2,1-4H3;1-4H2;3-4H2,1-2H3;1-2H3;1-2H. The topological polar surface area (TPSA) is 36.0 Å². The summed E-state index contributed by atoms with van der Waals surface area (Å²) in [4.78, 5) is 19.6. The summed E-state index contributed by atoms with van der Waals surface area (Å²) in [5.41, 5.74) is 6.95. The van der Waals surface area contributed by atoms with Gasteiger partial charge >= 0.3 is 0 Å². The SMILES string of the molecule is C#C.C1CCC1.CC.CCCC.CCCN(CCN1CCN(c2cccc(C)c2OC(c2ccccc2)C2CCC2)CC1)c1cc(C(C)=O)ccc1C. The van der Waals surface area contributed by atoms with Crippen LogP contribution in [0, 0.1) is 32.6 Å². The number of Topliss-reactive ketones (excluding diaryl/α,β-unsaturated/α-hetero) is 1. The summed E-state index contributed by atoms with van der Waals surface area (Å²) in [5.74, 6) is 1.77. The second-order valence-corrected chi connectivity index (χ2v) is 14.4. The van der Waals surface area contributed by atoms with Crippen molar-refractivity contribution in [1.29, 1.82) is 0 Å². The average molecular weight is 724 g/mol. The number of ketones is 1. The van der Waals surface area contributed by atoms with Crippen molar-refractivity contribution >= 4 is 17.2 Å². The fourth-order valence-corrected chi connectivity index (χ4v) is 6.50. The lowest BCUT2D eigenvalue weighted by Crippen LogP contribution is -2.48. The van der Waals surface area contributed by atoms with E-state index in [1.165, 1.54) is 85.9 Å². The average Bonchev–Trinajstić information content (AvgIpc) is 3.15. The van der Waals surface area contributed by atoms with Gasteiger partial charge in [-0.2, -0.15) is 0 Å². The molecule has 2 aliphatic carbocycles. The van der Waals surface area contributed by atoms with E-state index in [2.05, 4.69) is 123 Å². The van der Waals surface area contributed by atoms with Crippen molar-refractivity contribution in [2.24, 2.45) is 5.92 Å². The zero-order chi connectivity index (χ0) is 39.0. The Hall–Kier alpha value is -3.75. The Bertz CT molecular complexity index is 1430. The molecule has 292 valence electrons. The molecule has 0 radical (unpaired) electrons. The molecule has 3 aromatic carbocycles. The quantitative estimate of drug-likeness (QED) is 0.130. The van der Waals surface area contributed by atoms with Crippen molar-refractivity contribution in [1.82, 2.24) is 4.90 Å². The van der Waals surface area contributed by atoms with Crippen LogP contribution in [0.5, 0.6) is 5.75 Å². The first kappa shape index (κ1) is 45.4. The summed E-state index contributed by atoms with van der Waals surface area (Å²) in [6.07, 6.45) is 21.6. The Kier molecular flexibility index (Phi) is 22.4. The Balaban J connectivity index is 0.000000708. The van der Waals surface area contributed by atoms with E-state index in [-0.39, 0.29) is 11.9 Å². The van der Waals surface area contributed by atoms with Crippen LogP contribution in [-0.2, 0) is 0 Å². The number of terminal acetylenes is 1. The third kappa shape index (κ3) is 14.5. The van der Waals surface area contributed by atoms with E-state index in [1.807, 2.05) is 19.9 Å². The highest BCUT2D eigenvalue weighted by Gasteiger charge is 2.32. The first-order chi connectivity index (χ1) is 25.9. The number of ether oxygens (including phenoxy) is 1. The third-order valence-corrected chi connectivity index (χ3v) is 10.5. The Morgan fingerprint density at radius 2 is 1.40 bits per heavy atom. The molecule has 0 bridgehead atoms. The van der Waals surface area contributed by atoms with Crippen LogP contribution >= 0.6 is 0 Å². The van der Waals surface area contributed by atoms with E-state index in [4.69, 9.17) is 4.74 Å². The van der Waals surface area contributed by atoms with E-state index in [0.29, 0.717) is 5.92 Å². The number of benzene rings is 3. The van der Waals surface area contributed by atoms with E-state index < -0.39 is 0 Å². The van der Waals surface area contributed by atoms with Crippen LogP contribution in [0.4, 0.5) is 11.4 Å². The van der Waals surface area contributed by atoms with Crippen LogP contribution in [-0.4, -0.2) is 56.5 Å². The summed E-state index contributed by atoms with van der Waals surface area (Å²) in [7, 11) is 0. The first-order valence-corrected chi connectivity index (χ1v) is 20.8. The molecule has 1 unspecified atom stereocenters. The Labute approximate surface area is 325 Å². The fraction of sp³-hybridized carbons (Fsp3) is 0.562. The van der Waals surface area contributed by atoms with Crippen molar-refractivity contribution < 1.29 is 9.53 Å². The van der Waals surface area contributed by atoms with Gasteiger partial charge in [0, 0.05) is 63.0 Å². The molecule has 0 aromatic heterocycles. The predicted octanol–water partition coefficient (Wildman–Crippen LogP) is 12.1. The molecule has 0 amide bonds. The number of aryl methyl sites for hydroxylation is 2. The lowest BCUT2D eigenvalue weighted by atomic mass is 9.78. The van der Waals surface area contributed by atoms with Crippen molar-refractivity contribution in [2.45, 2.75) is 126 Å². The van der Waals surface area contributed by atoms with Gasteiger partial charge in [0.2, 0.25) is 0 Å². The maximum Gasteiger partial charge on any atom is 0.159 e. The zero-order valence-electron chi connectivity index (χ0n) is 34.8. The highest BCUT2D eigenvalue weighted by atomic mass is 16.5. The van der Waals surface area contributed by atoms with Gasteiger partial charge in [-0.25, -0.2) is 0 Å². The van der Waals surface area contributed by atoms with Crippen molar-refractivity contribution in [3.63, 3.8) is 0 Å². The van der Waals surface area contributed by atoms with Gasteiger partial charge in [-0.15, -0.1) is 12.8 Å². The summed E-state index contributed by atoms with van der Waals surface area (Å²) in [6, 6.07) is 23.5. The number of rotatable bonds is 13. The van der Waals surface area contributed by atoms with E-state index >= 15 is 0 Å². The minimum Gasteiger partial charge on any atom is -0.483 e. The van der Waals surface area contributed by atoms with Crippen LogP contribution in [0.15, 0.2) is 66.7 Å². The third-order valence-electron chi connectivity index (χ3n) is 10.5. The minimum atomic E-state index is 0.112. The second-order valence-electron chi connectivity index (χ2n) is 14.4. The van der Waals surface area contributed by atoms with Gasteiger partial charge in [-0.1, -0.05) is 134 Å². The normalized spacial score (nSPS) is 15.5.